The largest absolute Gasteiger partial charge is 0.458 e. The molecule has 2 aromatic carbocycles. The van der Waals surface area contributed by atoms with Crippen molar-refractivity contribution in [3.63, 3.8) is 0 Å². The lowest BCUT2D eigenvalue weighted by Crippen LogP contribution is -2.60. The topological polar surface area (TPSA) is 107 Å². The summed E-state index contributed by atoms with van der Waals surface area (Å²) in [6.45, 7) is -1.16. The van der Waals surface area contributed by atoms with Crippen molar-refractivity contribution in [2.45, 2.75) is 18.9 Å². The van der Waals surface area contributed by atoms with Crippen LogP contribution >= 0.6 is 0 Å². The van der Waals surface area contributed by atoms with Crippen LogP contribution in [0.5, 0.6) is 0 Å². The van der Waals surface area contributed by atoms with E-state index in [4.69, 9.17) is 9.84 Å². The van der Waals surface area contributed by atoms with Gasteiger partial charge < -0.3 is 14.9 Å². The maximum atomic E-state index is 12.6. The quantitative estimate of drug-likeness (QED) is 0.523. The predicted molar refractivity (Wildman–Crippen MR) is 97.0 cm³/mol. The van der Waals surface area contributed by atoms with Gasteiger partial charge in [-0.2, -0.15) is 0 Å². The molecule has 0 spiro atoms. The van der Waals surface area contributed by atoms with Crippen LogP contribution in [0.25, 0.3) is 0 Å². The molecule has 0 unspecified atom stereocenters. The van der Waals surface area contributed by atoms with Crippen LogP contribution < -0.4 is 0 Å². The fraction of sp³-hybridized carbons (Fsp3) is 0.250. The number of carbonyl (C=O) groups excluding carboxylic acids is 3. The molecular formula is C20H20N2O6. The van der Waals surface area contributed by atoms with Crippen molar-refractivity contribution in [2.24, 2.45) is 0 Å². The number of ether oxygens (including phenoxy) is 1. The second-order valence-electron chi connectivity index (χ2n) is 6.25. The summed E-state index contributed by atoms with van der Waals surface area (Å²) in [4.78, 5) is 39.5. The van der Waals surface area contributed by atoms with Gasteiger partial charge in [0.25, 0.3) is 0 Å². The van der Waals surface area contributed by atoms with Gasteiger partial charge in [0.1, 0.15) is 6.61 Å². The van der Waals surface area contributed by atoms with Crippen molar-refractivity contribution in [3.05, 3.63) is 71.8 Å². The Labute approximate surface area is 161 Å². The number of carbonyl (C=O) groups is 3. The van der Waals surface area contributed by atoms with E-state index in [9.17, 15) is 19.5 Å². The summed E-state index contributed by atoms with van der Waals surface area (Å²) in [6, 6.07) is 17.3. The van der Waals surface area contributed by atoms with Crippen molar-refractivity contribution >= 4 is 17.8 Å². The molecule has 1 heterocycles. The number of aliphatic hydroxyl groups is 2. The van der Waals surface area contributed by atoms with E-state index in [1.165, 1.54) is 0 Å². The van der Waals surface area contributed by atoms with E-state index in [0.29, 0.717) is 11.1 Å². The number of benzene rings is 2. The van der Waals surface area contributed by atoms with Gasteiger partial charge in [0.05, 0.1) is 19.7 Å². The Morgan fingerprint density at radius 3 is 1.68 bits per heavy atom. The first kappa shape index (κ1) is 19.5. The Bertz CT molecular complexity index is 796. The predicted octanol–water partition coefficient (Wildman–Crippen LogP) is 0.239. The molecule has 3 rings (SSSR count). The molecule has 2 N–H and O–H groups in total. The second kappa shape index (κ2) is 8.20. The van der Waals surface area contributed by atoms with Gasteiger partial charge in [0, 0.05) is 0 Å². The lowest BCUT2D eigenvalue weighted by atomic mass is 10.2. The number of hydrogen-bond acceptors (Lipinski definition) is 6. The number of esters is 1. The van der Waals surface area contributed by atoms with E-state index < -0.39 is 30.2 Å². The molecule has 1 aliphatic rings. The molecule has 0 atom stereocenters. The summed E-state index contributed by atoms with van der Waals surface area (Å²) in [5.41, 5.74) is 1.25. The standard InChI is InChI=1S/C20H20N2O6/c23-11-12-28-19(26)20(27)21(13-15-7-3-1-4-8-15)17(24)18(25)22(20)14-16-9-5-2-6-10-16/h1-10,23,27H,11-14H2. The van der Waals surface area contributed by atoms with Crippen LogP contribution in [0, 0.1) is 0 Å². The monoisotopic (exact) mass is 384 g/mol. The van der Waals surface area contributed by atoms with Crippen LogP contribution in [0.15, 0.2) is 60.7 Å². The summed E-state index contributed by atoms with van der Waals surface area (Å²) in [7, 11) is 0. The van der Waals surface area contributed by atoms with Gasteiger partial charge in [-0.1, -0.05) is 60.7 Å². The van der Waals surface area contributed by atoms with Crippen LogP contribution in [-0.4, -0.2) is 56.9 Å². The van der Waals surface area contributed by atoms with Crippen molar-refractivity contribution < 1.29 is 29.3 Å². The number of amides is 2. The summed E-state index contributed by atoms with van der Waals surface area (Å²) < 4.78 is 4.88. The average molecular weight is 384 g/mol. The third-order valence-electron chi connectivity index (χ3n) is 4.39. The Balaban J connectivity index is 1.98. The van der Waals surface area contributed by atoms with Crippen LogP contribution in [0.3, 0.4) is 0 Å². The highest BCUT2D eigenvalue weighted by molar-refractivity contribution is 6.38. The smallest absolute Gasteiger partial charge is 0.383 e. The van der Waals surface area contributed by atoms with Crippen LogP contribution in [0.1, 0.15) is 11.1 Å². The van der Waals surface area contributed by atoms with Gasteiger partial charge in [-0.3, -0.25) is 19.4 Å². The third-order valence-corrected chi connectivity index (χ3v) is 4.39. The molecule has 0 saturated carbocycles. The first-order chi connectivity index (χ1) is 13.5. The molecule has 8 nitrogen and oxygen atoms in total. The van der Waals surface area contributed by atoms with E-state index in [-0.39, 0.29) is 19.7 Å². The molecule has 1 saturated heterocycles. The lowest BCUT2D eigenvalue weighted by Gasteiger charge is -2.35. The second-order valence-corrected chi connectivity index (χ2v) is 6.25. The number of hydrogen-bond donors (Lipinski definition) is 2. The molecular weight excluding hydrogens is 364 g/mol. The molecule has 0 bridgehead atoms. The Morgan fingerprint density at radius 1 is 0.857 bits per heavy atom. The van der Waals surface area contributed by atoms with Gasteiger partial charge in [-0.25, -0.2) is 4.79 Å². The highest BCUT2D eigenvalue weighted by atomic mass is 16.6. The normalized spacial score (nSPS) is 15.8. The van der Waals surface area contributed by atoms with Gasteiger partial charge in [-0.15, -0.1) is 0 Å². The summed E-state index contributed by atoms with van der Waals surface area (Å²) >= 11 is 0. The molecule has 0 aromatic heterocycles. The highest BCUT2D eigenvalue weighted by Crippen LogP contribution is 2.31. The highest BCUT2D eigenvalue weighted by Gasteiger charge is 2.61. The Hall–Kier alpha value is -3.23. The molecule has 2 aromatic rings. The van der Waals surface area contributed by atoms with E-state index in [2.05, 4.69) is 0 Å². The van der Waals surface area contributed by atoms with E-state index in [0.717, 1.165) is 9.80 Å². The van der Waals surface area contributed by atoms with Gasteiger partial charge in [-0.05, 0) is 11.1 Å². The molecule has 28 heavy (non-hydrogen) atoms. The summed E-state index contributed by atoms with van der Waals surface area (Å²) in [5, 5.41) is 20.2. The number of rotatable bonds is 7. The van der Waals surface area contributed by atoms with Gasteiger partial charge in [0.15, 0.2) is 0 Å². The van der Waals surface area contributed by atoms with Crippen molar-refractivity contribution in [2.75, 3.05) is 13.2 Å². The molecule has 0 aliphatic carbocycles. The van der Waals surface area contributed by atoms with Gasteiger partial charge >= 0.3 is 23.6 Å². The minimum absolute atomic E-state index is 0.165. The minimum Gasteiger partial charge on any atom is -0.458 e. The molecule has 1 fully saturated rings. The minimum atomic E-state index is -2.62. The fourth-order valence-electron chi connectivity index (χ4n) is 3.01. The van der Waals surface area contributed by atoms with Crippen LogP contribution in [0.4, 0.5) is 0 Å². The first-order valence-corrected chi connectivity index (χ1v) is 8.70. The zero-order valence-corrected chi connectivity index (χ0v) is 15.0. The molecule has 146 valence electrons. The maximum Gasteiger partial charge on any atom is 0.383 e. The Kier molecular flexibility index (Phi) is 5.72. The van der Waals surface area contributed by atoms with Crippen molar-refractivity contribution in [1.29, 1.82) is 0 Å². The Morgan fingerprint density at radius 2 is 1.29 bits per heavy atom. The fourth-order valence-corrected chi connectivity index (χ4v) is 3.01. The van der Waals surface area contributed by atoms with Crippen LogP contribution in [0.2, 0.25) is 0 Å². The molecule has 8 heteroatoms. The van der Waals surface area contributed by atoms with Crippen molar-refractivity contribution in [1.82, 2.24) is 9.80 Å². The van der Waals surface area contributed by atoms with E-state index in [1.807, 2.05) is 0 Å². The number of aliphatic hydroxyl groups excluding tert-OH is 1. The number of nitrogens with zero attached hydrogens (tertiary/aromatic N) is 2. The van der Waals surface area contributed by atoms with Crippen LogP contribution in [-0.2, 0) is 32.2 Å². The van der Waals surface area contributed by atoms with Gasteiger partial charge in [0.2, 0.25) is 0 Å². The molecule has 1 aliphatic heterocycles. The molecule has 0 radical (unpaired) electrons. The summed E-state index contributed by atoms with van der Waals surface area (Å²) in [6.07, 6.45) is 0. The van der Waals surface area contributed by atoms with E-state index >= 15 is 0 Å². The average Bonchev–Trinajstić information content (AvgIpc) is 2.90. The summed E-state index contributed by atoms with van der Waals surface area (Å²) in [5.74, 6) is -5.84. The lowest BCUT2D eigenvalue weighted by molar-refractivity contribution is -0.218. The zero-order valence-electron chi connectivity index (χ0n) is 15.0. The SMILES string of the molecule is O=C1C(=O)N(Cc2ccccc2)C(O)(C(=O)OCCO)N1Cc1ccccc1. The third kappa shape index (κ3) is 3.60. The molecule has 2 amide bonds. The first-order valence-electron chi connectivity index (χ1n) is 8.70. The van der Waals surface area contributed by atoms with E-state index in [1.54, 1.807) is 60.7 Å². The van der Waals surface area contributed by atoms with Crippen molar-refractivity contribution in [3.8, 4) is 0 Å². The zero-order chi connectivity index (χ0) is 20.1. The maximum absolute atomic E-state index is 12.6.